The molecule has 0 fully saturated rings. The van der Waals surface area contributed by atoms with Crippen LogP contribution in [0.4, 0.5) is 0 Å². The second-order valence-electron chi connectivity index (χ2n) is 5.14. The van der Waals surface area contributed by atoms with Crippen LogP contribution in [0.1, 0.15) is 18.7 Å². The quantitative estimate of drug-likeness (QED) is 0.780. The number of rotatable bonds is 8. The zero-order valence-electron chi connectivity index (χ0n) is 12.5. The first kappa shape index (κ1) is 15.7. The van der Waals surface area contributed by atoms with E-state index in [4.69, 9.17) is 0 Å². The molecule has 114 valence electrons. The summed E-state index contributed by atoms with van der Waals surface area (Å²) in [7, 11) is 0. The van der Waals surface area contributed by atoms with Gasteiger partial charge in [-0.3, -0.25) is 9.48 Å². The van der Waals surface area contributed by atoms with Crippen LogP contribution < -0.4 is 10.6 Å². The van der Waals surface area contributed by atoms with Crippen LogP contribution in [0.15, 0.2) is 36.0 Å². The van der Waals surface area contributed by atoms with Crippen molar-refractivity contribution in [2.45, 2.75) is 38.9 Å². The number of hydrogen-bond donors (Lipinski definition) is 2. The number of carbonyl (C=O) groups excluding carboxylic acids is 1. The number of nitrogens with one attached hydrogen (secondary N) is 2. The zero-order valence-corrected chi connectivity index (χ0v) is 13.3. The average molecular weight is 306 g/mol. The predicted molar refractivity (Wildman–Crippen MR) is 85.3 cm³/mol. The second kappa shape index (κ2) is 7.95. The van der Waals surface area contributed by atoms with Gasteiger partial charge in [-0.15, -0.1) is 11.3 Å². The molecule has 6 heteroatoms. The van der Waals surface area contributed by atoms with Gasteiger partial charge < -0.3 is 10.6 Å². The SMILES string of the molecule is CC(Cn1cccn1)NC(C)C(=O)NCCc1cccs1. The summed E-state index contributed by atoms with van der Waals surface area (Å²) in [5.41, 5.74) is 0. The lowest BCUT2D eigenvalue weighted by Crippen LogP contribution is -2.47. The lowest BCUT2D eigenvalue weighted by Gasteiger charge is -2.19. The van der Waals surface area contributed by atoms with Gasteiger partial charge in [-0.05, 0) is 37.8 Å². The van der Waals surface area contributed by atoms with Crippen molar-refractivity contribution in [1.82, 2.24) is 20.4 Å². The summed E-state index contributed by atoms with van der Waals surface area (Å²) < 4.78 is 1.86. The molecule has 0 saturated heterocycles. The lowest BCUT2D eigenvalue weighted by atomic mass is 10.2. The van der Waals surface area contributed by atoms with Crippen molar-refractivity contribution in [3.05, 3.63) is 40.8 Å². The molecule has 0 spiro atoms. The first-order valence-electron chi connectivity index (χ1n) is 7.18. The van der Waals surface area contributed by atoms with Crippen LogP contribution in [0.2, 0.25) is 0 Å². The van der Waals surface area contributed by atoms with E-state index in [2.05, 4.69) is 34.1 Å². The first-order chi connectivity index (χ1) is 10.1. The van der Waals surface area contributed by atoms with Crippen LogP contribution in [0.3, 0.4) is 0 Å². The molecule has 2 heterocycles. The summed E-state index contributed by atoms with van der Waals surface area (Å²) in [5, 5.41) is 12.5. The van der Waals surface area contributed by atoms with Gasteiger partial charge in [-0.2, -0.15) is 5.10 Å². The summed E-state index contributed by atoms with van der Waals surface area (Å²) >= 11 is 1.72. The van der Waals surface area contributed by atoms with Gasteiger partial charge >= 0.3 is 0 Å². The van der Waals surface area contributed by atoms with Gasteiger partial charge in [0.1, 0.15) is 0 Å². The highest BCUT2D eigenvalue weighted by atomic mass is 32.1. The highest BCUT2D eigenvalue weighted by molar-refractivity contribution is 7.09. The molecule has 2 atom stereocenters. The molecule has 2 N–H and O–H groups in total. The largest absolute Gasteiger partial charge is 0.354 e. The van der Waals surface area contributed by atoms with E-state index in [0.717, 1.165) is 13.0 Å². The molecule has 1 amide bonds. The maximum Gasteiger partial charge on any atom is 0.236 e. The Morgan fingerprint density at radius 3 is 2.95 bits per heavy atom. The predicted octanol–water partition coefficient (Wildman–Crippen LogP) is 1.67. The van der Waals surface area contributed by atoms with E-state index in [0.29, 0.717) is 6.54 Å². The number of aromatic nitrogens is 2. The van der Waals surface area contributed by atoms with Crippen LogP contribution in [0.25, 0.3) is 0 Å². The van der Waals surface area contributed by atoms with E-state index in [-0.39, 0.29) is 18.0 Å². The fourth-order valence-corrected chi connectivity index (χ4v) is 2.87. The molecule has 2 aromatic rings. The molecule has 2 aromatic heterocycles. The average Bonchev–Trinajstić information content (AvgIpc) is 3.11. The van der Waals surface area contributed by atoms with Crippen molar-refractivity contribution in [3.8, 4) is 0 Å². The molecular formula is C15H22N4OS. The van der Waals surface area contributed by atoms with Crippen LogP contribution in [0, 0.1) is 0 Å². The third-order valence-corrected chi connectivity index (χ3v) is 4.13. The second-order valence-corrected chi connectivity index (χ2v) is 6.17. The molecule has 0 aliphatic heterocycles. The van der Waals surface area contributed by atoms with E-state index in [1.165, 1.54) is 4.88 Å². The van der Waals surface area contributed by atoms with Crippen LogP contribution >= 0.6 is 11.3 Å². The van der Waals surface area contributed by atoms with Crippen molar-refractivity contribution >= 4 is 17.2 Å². The number of thiophene rings is 1. The maximum absolute atomic E-state index is 12.0. The minimum absolute atomic E-state index is 0.0406. The molecule has 2 unspecified atom stereocenters. The van der Waals surface area contributed by atoms with Crippen LogP contribution in [-0.4, -0.2) is 34.3 Å². The van der Waals surface area contributed by atoms with Crippen molar-refractivity contribution in [3.63, 3.8) is 0 Å². The monoisotopic (exact) mass is 306 g/mol. The van der Waals surface area contributed by atoms with E-state index in [9.17, 15) is 4.79 Å². The first-order valence-corrected chi connectivity index (χ1v) is 8.06. The maximum atomic E-state index is 12.0. The number of carbonyl (C=O) groups is 1. The minimum Gasteiger partial charge on any atom is -0.354 e. The number of amides is 1. The fraction of sp³-hybridized carbons (Fsp3) is 0.467. The fourth-order valence-electron chi connectivity index (χ4n) is 2.16. The highest BCUT2D eigenvalue weighted by Gasteiger charge is 2.15. The Labute approximate surface area is 129 Å². The molecule has 0 bridgehead atoms. The van der Waals surface area contributed by atoms with Gasteiger partial charge in [0, 0.05) is 29.9 Å². The van der Waals surface area contributed by atoms with Gasteiger partial charge in [0.2, 0.25) is 5.91 Å². The normalized spacial score (nSPS) is 13.8. The molecular weight excluding hydrogens is 284 g/mol. The van der Waals surface area contributed by atoms with Crippen LogP contribution in [0.5, 0.6) is 0 Å². The van der Waals surface area contributed by atoms with Gasteiger partial charge in [-0.1, -0.05) is 6.07 Å². The van der Waals surface area contributed by atoms with Gasteiger partial charge in [0.25, 0.3) is 0 Å². The Hall–Kier alpha value is -1.66. The molecule has 2 rings (SSSR count). The summed E-state index contributed by atoms with van der Waals surface area (Å²) in [5.74, 6) is 0.0406. The van der Waals surface area contributed by atoms with Crippen LogP contribution in [-0.2, 0) is 17.8 Å². The lowest BCUT2D eigenvalue weighted by molar-refractivity contribution is -0.122. The standard InChI is InChI=1S/C15H22N4OS/c1-12(11-19-9-4-7-17-19)18-13(2)15(20)16-8-6-14-5-3-10-21-14/h3-5,7,9-10,12-13,18H,6,8,11H2,1-2H3,(H,16,20). The molecule has 0 aliphatic rings. The Morgan fingerprint density at radius 2 is 2.29 bits per heavy atom. The molecule has 21 heavy (non-hydrogen) atoms. The summed E-state index contributed by atoms with van der Waals surface area (Å²) in [6.07, 6.45) is 4.57. The zero-order chi connectivity index (χ0) is 15.1. The van der Waals surface area contributed by atoms with Gasteiger partial charge in [0.05, 0.1) is 12.6 Å². The third-order valence-electron chi connectivity index (χ3n) is 3.20. The Kier molecular flexibility index (Phi) is 5.95. The van der Waals surface area contributed by atoms with Gasteiger partial charge in [0.15, 0.2) is 0 Å². The molecule has 0 saturated carbocycles. The molecule has 0 radical (unpaired) electrons. The third kappa shape index (κ3) is 5.32. The molecule has 0 aromatic carbocycles. The number of nitrogens with zero attached hydrogens (tertiary/aromatic N) is 2. The molecule has 0 aliphatic carbocycles. The van der Waals surface area contributed by atoms with E-state index in [1.807, 2.05) is 29.9 Å². The molecule has 5 nitrogen and oxygen atoms in total. The van der Waals surface area contributed by atoms with E-state index >= 15 is 0 Å². The Balaban J connectivity index is 1.66. The topological polar surface area (TPSA) is 59.0 Å². The van der Waals surface area contributed by atoms with E-state index < -0.39 is 0 Å². The Morgan fingerprint density at radius 1 is 1.43 bits per heavy atom. The van der Waals surface area contributed by atoms with Crippen molar-refractivity contribution < 1.29 is 4.79 Å². The Bertz CT molecular complexity index is 524. The number of hydrogen-bond acceptors (Lipinski definition) is 4. The van der Waals surface area contributed by atoms with Crippen molar-refractivity contribution in [1.29, 1.82) is 0 Å². The van der Waals surface area contributed by atoms with Crippen molar-refractivity contribution in [2.75, 3.05) is 6.54 Å². The minimum atomic E-state index is -0.209. The van der Waals surface area contributed by atoms with Gasteiger partial charge in [-0.25, -0.2) is 0 Å². The highest BCUT2D eigenvalue weighted by Crippen LogP contribution is 2.08. The smallest absolute Gasteiger partial charge is 0.236 e. The van der Waals surface area contributed by atoms with E-state index in [1.54, 1.807) is 17.5 Å². The summed E-state index contributed by atoms with van der Waals surface area (Å²) in [6.45, 7) is 5.37. The summed E-state index contributed by atoms with van der Waals surface area (Å²) in [6, 6.07) is 5.99. The summed E-state index contributed by atoms with van der Waals surface area (Å²) in [4.78, 5) is 13.3. The van der Waals surface area contributed by atoms with Crippen molar-refractivity contribution in [2.24, 2.45) is 0 Å².